The fourth-order valence-corrected chi connectivity index (χ4v) is 6.05. The van der Waals surface area contributed by atoms with Gasteiger partial charge in [0.15, 0.2) is 6.10 Å². The van der Waals surface area contributed by atoms with E-state index in [1.165, 1.54) is 51.4 Å². The molecule has 0 saturated heterocycles. The fraction of sp³-hybridized carbons (Fsp3) is 0.721. The molecule has 0 saturated carbocycles. The molecule has 4 N–H and O–H groups in total. The van der Waals surface area contributed by atoms with E-state index in [0.29, 0.717) is 19.3 Å². The number of carbonyl (C=O) groups is 2. The molecule has 3 atom stereocenters. The van der Waals surface area contributed by atoms with Crippen LogP contribution in [0.1, 0.15) is 162 Å². The lowest BCUT2D eigenvalue weighted by atomic mass is 10.1. The fourth-order valence-electron chi connectivity index (χ4n) is 5.29. The molecule has 0 aliphatic heterocycles. The molecular formula is C43H76NO9P. The highest BCUT2D eigenvalue weighted by Gasteiger charge is 2.25. The maximum Gasteiger partial charge on any atom is 0.472 e. The van der Waals surface area contributed by atoms with Crippen molar-refractivity contribution in [3.63, 3.8) is 0 Å². The quantitative estimate of drug-likeness (QED) is 0.0239. The summed E-state index contributed by atoms with van der Waals surface area (Å²) in [7, 11) is -4.40. The second-order valence-corrected chi connectivity index (χ2v) is 15.1. The molecule has 0 heterocycles. The van der Waals surface area contributed by atoms with Crippen LogP contribution in [-0.2, 0) is 32.7 Å². The zero-order valence-electron chi connectivity index (χ0n) is 33.8. The first-order valence-corrected chi connectivity index (χ1v) is 22.3. The molecule has 54 heavy (non-hydrogen) atoms. The van der Waals surface area contributed by atoms with E-state index in [-0.39, 0.29) is 38.7 Å². The number of aliphatic hydroxyl groups excluding tert-OH is 1. The molecule has 0 rings (SSSR count). The van der Waals surface area contributed by atoms with E-state index in [9.17, 15) is 24.2 Å². The second kappa shape index (κ2) is 38.9. The Balaban J connectivity index is 4.31. The largest absolute Gasteiger partial charge is 0.472 e. The van der Waals surface area contributed by atoms with E-state index < -0.39 is 32.5 Å². The number of carbonyl (C=O) groups excluding carboxylic acids is 2. The summed E-state index contributed by atoms with van der Waals surface area (Å²) in [6, 6.07) is 0. The van der Waals surface area contributed by atoms with Crippen LogP contribution in [0.3, 0.4) is 0 Å². The van der Waals surface area contributed by atoms with E-state index in [2.05, 4.69) is 56.4 Å². The van der Waals surface area contributed by atoms with E-state index in [1.807, 2.05) is 18.2 Å². The Bertz CT molecular complexity index is 1090. The lowest BCUT2D eigenvalue weighted by molar-refractivity contribution is -0.161. The molecule has 1 unspecified atom stereocenters. The van der Waals surface area contributed by atoms with Crippen LogP contribution in [0.25, 0.3) is 0 Å². The second-order valence-electron chi connectivity index (χ2n) is 13.7. The van der Waals surface area contributed by atoms with Crippen molar-refractivity contribution >= 4 is 19.8 Å². The van der Waals surface area contributed by atoms with E-state index in [0.717, 1.165) is 64.2 Å². The Hall–Kier alpha value is -2.33. The summed E-state index contributed by atoms with van der Waals surface area (Å²) < 4.78 is 32.6. The molecule has 0 bridgehead atoms. The average molecular weight is 782 g/mol. The van der Waals surface area contributed by atoms with Gasteiger partial charge in [0, 0.05) is 19.4 Å². The lowest BCUT2D eigenvalue weighted by Gasteiger charge is -2.19. The van der Waals surface area contributed by atoms with E-state index in [1.54, 1.807) is 0 Å². The highest BCUT2D eigenvalue weighted by molar-refractivity contribution is 7.47. The zero-order chi connectivity index (χ0) is 39.8. The van der Waals surface area contributed by atoms with Crippen molar-refractivity contribution in [2.75, 3.05) is 26.4 Å². The molecule has 0 amide bonds. The molecule has 0 aromatic carbocycles. The summed E-state index contributed by atoms with van der Waals surface area (Å²) in [5, 5.41) is 9.80. The topological polar surface area (TPSA) is 155 Å². The van der Waals surface area contributed by atoms with E-state index >= 15 is 0 Å². The minimum absolute atomic E-state index is 0.0369. The van der Waals surface area contributed by atoms with Gasteiger partial charge in [-0.1, -0.05) is 139 Å². The third-order valence-electron chi connectivity index (χ3n) is 8.45. The highest BCUT2D eigenvalue weighted by Crippen LogP contribution is 2.43. The van der Waals surface area contributed by atoms with Gasteiger partial charge in [0.1, 0.15) is 6.61 Å². The van der Waals surface area contributed by atoms with Gasteiger partial charge in [0.2, 0.25) is 0 Å². The molecule has 11 heteroatoms. The van der Waals surface area contributed by atoms with Crippen LogP contribution < -0.4 is 5.73 Å². The molecule has 0 spiro atoms. The maximum atomic E-state index is 12.6. The number of phosphoric ester groups is 1. The van der Waals surface area contributed by atoms with Gasteiger partial charge in [0.05, 0.1) is 19.3 Å². The molecule has 312 valence electrons. The Morgan fingerprint density at radius 1 is 0.630 bits per heavy atom. The van der Waals surface area contributed by atoms with Crippen LogP contribution in [0, 0.1) is 0 Å². The van der Waals surface area contributed by atoms with Gasteiger partial charge in [-0.25, -0.2) is 4.57 Å². The number of ether oxygens (including phenoxy) is 2. The molecular weight excluding hydrogens is 705 g/mol. The highest BCUT2D eigenvalue weighted by atomic mass is 31.2. The van der Waals surface area contributed by atoms with Gasteiger partial charge < -0.3 is 25.2 Å². The number of phosphoric acid groups is 1. The van der Waals surface area contributed by atoms with Gasteiger partial charge in [-0.3, -0.25) is 18.6 Å². The predicted octanol–water partition coefficient (Wildman–Crippen LogP) is 10.7. The predicted molar refractivity (Wildman–Crippen MR) is 221 cm³/mol. The summed E-state index contributed by atoms with van der Waals surface area (Å²) in [4.78, 5) is 34.8. The zero-order valence-corrected chi connectivity index (χ0v) is 34.7. The number of aliphatic hydroxyl groups is 1. The Kier molecular flexibility index (Phi) is 37.2. The molecule has 0 aliphatic rings. The third kappa shape index (κ3) is 38.0. The number of nitrogens with two attached hydrogens (primary N) is 1. The summed E-state index contributed by atoms with van der Waals surface area (Å²) in [6.45, 7) is 3.47. The standard InChI is InChI=1S/C43H76NO9P/c1-3-5-7-8-9-10-11-12-13-14-19-22-25-28-31-35-43(47)53-41(39-52-54(48,49)51-37-36-44)38-50-42(46)34-30-27-24-21-18-16-15-17-20-23-26-29-33-40(45)32-6-4-2/h10-11,15-16,20-21,23-24,29,33,40-41,45H,3-9,12-14,17-19,22,25-28,30-32,34-39,44H2,1-2H3,(H,48,49)/b11-10-,16-15-,23-20-,24-21-,33-29-/t40-,41+/m0/s1. The molecule has 0 aliphatic carbocycles. The SMILES string of the molecule is CCCCCC/C=C\CCCCCCCCCC(=O)O[C@H](COC(=O)CCC/C=C\C/C=C\C/C=C\C/C=C\[C@@H](O)CCCC)COP(=O)(O)OCCN. The third-order valence-corrected chi connectivity index (χ3v) is 9.43. The van der Waals surface area contributed by atoms with Gasteiger partial charge in [-0.15, -0.1) is 0 Å². The van der Waals surface area contributed by atoms with Crippen LogP contribution in [0.5, 0.6) is 0 Å². The van der Waals surface area contributed by atoms with Crippen molar-refractivity contribution < 1.29 is 42.7 Å². The Morgan fingerprint density at radius 2 is 1.15 bits per heavy atom. The van der Waals surface area contributed by atoms with Crippen LogP contribution >= 0.6 is 7.82 Å². The number of hydrogen-bond acceptors (Lipinski definition) is 9. The summed E-state index contributed by atoms with van der Waals surface area (Å²) >= 11 is 0. The van der Waals surface area contributed by atoms with Crippen molar-refractivity contribution in [1.29, 1.82) is 0 Å². The normalized spacial score (nSPS) is 14.5. The van der Waals surface area contributed by atoms with Crippen LogP contribution in [-0.4, -0.2) is 60.5 Å². The monoisotopic (exact) mass is 782 g/mol. The minimum Gasteiger partial charge on any atom is -0.462 e. The van der Waals surface area contributed by atoms with Gasteiger partial charge in [0.25, 0.3) is 0 Å². The number of hydrogen-bond donors (Lipinski definition) is 3. The van der Waals surface area contributed by atoms with Crippen LogP contribution in [0.15, 0.2) is 60.8 Å². The Morgan fingerprint density at radius 3 is 1.78 bits per heavy atom. The summed E-state index contributed by atoms with van der Waals surface area (Å²) in [6.07, 6.45) is 41.6. The first-order valence-electron chi connectivity index (χ1n) is 20.9. The van der Waals surface area contributed by atoms with Crippen molar-refractivity contribution in [1.82, 2.24) is 0 Å². The number of unbranched alkanes of at least 4 members (excludes halogenated alkanes) is 13. The first-order chi connectivity index (χ1) is 26.2. The van der Waals surface area contributed by atoms with Crippen LogP contribution in [0.4, 0.5) is 0 Å². The van der Waals surface area contributed by atoms with Gasteiger partial charge >= 0.3 is 19.8 Å². The maximum absolute atomic E-state index is 12.6. The number of rotatable bonds is 38. The van der Waals surface area contributed by atoms with Gasteiger partial charge in [-0.05, 0) is 70.6 Å². The van der Waals surface area contributed by atoms with Crippen molar-refractivity contribution in [3.05, 3.63) is 60.8 Å². The smallest absolute Gasteiger partial charge is 0.462 e. The first kappa shape index (κ1) is 51.7. The van der Waals surface area contributed by atoms with E-state index in [4.69, 9.17) is 24.3 Å². The molecule has 0 aromatic rings. The number of allylic oxidation sites excluding steroid dienone is 9. The summed E-state index contributed by atoms with van der Waals surface area (Å²) in [5.74, 6) is -0.926. The van der Waals surface area contributed by atoms with Gasteiger partial charge in [-0.2, -0.15) is 0 Å². The Labute approximate surface area is 328 Å². The van der Waals surface area contributed by atoms with Crippen molar-refractivity contribution in [3.8, 4) is 0 Å². The number of esters is 2. The summed E-state index contributed by atoms with van der Waals surface area (Å²) in [5.41, 5.74) is 5.33. The lowest BCUT2D eigenvalue weighted by Crippen LogP contribution is -2.29. The average Bonchev–Trinajstić information content (AvgIpc) is 3.15. The van der Waals surface area contributed by atoms with Crippen molar-refractivity contribution in [2.45, 2.75) is 174 Å². The molecule has 0 aromatic heterocycles. The molecule has 10 nitrogen and oxygen atoms in total. The molecule has 0 radical (unpaired) electrons. The van der Waals surface area contributed by atoms with Crippen LogP contribution in [0.2, 0.25) is 0 Å². The molecule has 0 fully saturated rings. The van der Waals surface area contributed by atoms with Crippen molar-refractivity contribution in [2.24, 2.45) is 5.73 Å². The minimum atomic E-state index is -4.40.